The average molecular weight is 224 g/mol. The summed E-state index contributed by atoms with van der Waals surface area (Å²) in [5.41, 5.74) is 6.44. The second-order valence-electron chi connectivity index (χ2n) is 4.29. The minimum Gasteiger partial charge on any atom is -0.378 e. The lowest BCUT2D eigenvalue weighted by atomic mass is 10.1. The van der Waals surface area contributed by atoms with E-state index in [1.165, 1.54) is 12.8 Å². The lowest BCUT2D eigenvalue weighted by Crippen LogP contribution is -2.07. The van der Waals surface area contributed by atoms with Crippen molar-refractivity contribution < 1.29 is 4.74 Å². The highest BCUT2D eigenvalue weighted by Gasteiger charge is 2.14. The van der Waals surface area contributed by atoms with Crippen molar-refractivity contribution in [2.45, 2.75) is 44.8 Å². The molecular formula is C11H20N4O. The number of ether oxygens (including phenoxy) is 1. The first kappa shape index (κ1) is 11.5. The summed E-state index contributed by atoms with van der Waals surface area (Å²) in [7, 11) is 0. The van der Waals surface area contributed by atoms with Gasteiger partial charge in [-0.05, 0) is 32.2 Å². The fourth-order valence-electron chi connectivity index (χ4n) is 2.06. The van der Waals surface area contributed by atoms with E-state index in [-0.39, 0.29) is 0 Å². The summed E-state index contributed by atoms with van der Waals surface area (Å²) in [5.74, 6) is 0. The SMILES string of the molecule is NCCc1cn(CCCC2CCCO2)nn1. The Kier molecular flexibility index (Phi) is 4.30. The summed E-state index contributed by atoms with van der Waals surface area (Å²) in [6.07, 6.45) is 7.95. The summed E-state index contributed by atoms with van der Waals surface area (Å²) in [6.45, 7) is 2.50. The Bertz CT molecular complexity index is 307. The average Bonchev–Trinajstić information content (AvgIpc) is 2.90. The van der Waals surface area contributed by atoms with Gasteiger partial charge in [0.1, 0.15) is 0 Å². The van der Waals surface area contributed by atoms with Crippen LogP contribution < -0.4 is 5.73 Å². The van der Waals surface area contributed by atoms with Gasteiger partial charge in [-0.25, -0.2) is 0 Å². The Hall–Kier alpha value is -0.940. The molecular weight excluding hydrogens is 204 g/mol. The molecule has 1 aromatic rings. The molecule has 1 aliphatic heterocycles. The molecule has 5 nitrogen and oxygen atoms in total. The van der Waals surface area contributed by atoms with Crippen molar-refractivity contribution in [2.75, 3.05) is 13.2 Å². The van der Waals surface area contributed by atoms with E-state index in [0.29, 0.717) is 12.6 Å². The molecule has 0 radical (unpaired) electrons. The van der Waals surface area contributed by atoms with Gasteiger partial charge in [0.2, 0.25) is 0 Å². The van der Waals surface area contributed by atoms with Crippen LogP contribution in [0, 0.1) is 0 Å². The van der Waals surface area contributed by atoms with Gasteiger partial charge in [0.25, 0.3) is 0 Å². The molecule has 5 heteroatoms. The smallest absolute Gasteiger partial charge is 0.0839 e. The van der Waals surface area contributed by atoms with Crippen molar-refractivity contribution in [1.29, 1.82) is 0 Å². The van der Waals surface area contributed by atoms with E-state index in [1.807, 2.05) is 10.9 Å². The highest BCUT2D eigenvalue weighted by atomic mass is 16.5. The zero-order chi connectivity index (χ0) is 11.2. The molecule has 1 unspecified atom stereocenters. The van der Waals surface area contributed by atoms with E-state index in [1.54, 1.807) is 0 Å². The molecule has 0 aliphatic carbocycles. The summed E-state index contributed by atoms with van der Waals surface area (Å²) >= 11 is 0. The van der Waals surface area contributed by atoms with Gasteiger partial charge in [0.15, 0.2) is 0 Å². The van der Waals surface area contributed by atoms with Crippen LogP contribution >= 0.6 is 0 Å². The number of hydrogen-bond acceptors (Lipinski definition) is 4. The number of nitrogens with two attached hydrogens (primary N) is 1. The predicted octanol–water partition coefficient (Wildman–Crippen LogP) is 0.738. The highest BCUT2D eigenvalue weighted by Crippen LogP contribution is 2.16. The predicted molar refractivity (Wildman–Crippen MR) is 61.0 cm³/mol. The van der Waals surface area contributed by atoms with Crippen LogP contribution in [0.3, 0.4) is 0 Å². The molecule has 0 saturated carbocycles. The summed E-state index contributed by atoms with van der Waals surface area (Å²) in [4.78, 5) is 0. The Balaban J connectivity index is 1.67. The second-order valence-corrected chi connectivity index (χ2v) is 4.29. The Morgan fingerprint density at radius 2 is 2.50 bits per heavy atom. The van der Waals surface area contributed by atoms with Crippen molar-refractivity contribution >= 4 is 0 Å². The van der Waals surface area contributed by atoms with Crippen molar-refractivity contribution in [1.82, 2.24) is 15.0 Å². The number of aryl methyl sites for hydroxylation is 1. The van der Waals surface area contributed by atoms with Crippen molar-refractivity contribution in [2.24, 2.45) is 5.73 Å². The molecule has 2 N–H and O–H groups in total. The first-order valence-electron chi connectivity index (χ1n) is 6.09. The molecule has 0 spiro atoms. The van der Waals surface area contributed by atoms with Crippen LogP contribution in [0.15, 0.2) is 6.20 Å². The standard InChI is InChI=1S/C11H20N4O/c12-6-5-10-9-15(14-13-10)7-1-3-11-4-2-8-16-11/h9,11H,1-8,12H2. The number of rotatable bonds is 6. The maximum Gasteiger partial charge on any atom is 0.0839 e. The molecule has 90 valence electrons. The van der Waals surface area contributed by atoms with Gasteiger partial charge in [-0.3, -0.25) is 4.68 Å². The van der Waals surface area contributed by atoms with Gasteiger partial charge in [-0.2, -0.15) is 0 Å². The van der Waals surface area contributed by atoms with Gasteiger partial charge in [0, 0.05) is 25.8 Å². The number of aromatic nitrogens is 3. The third-order valence-corrected chi connectivity index (χ3v) is 2.92. The largest absolute Gasteiger partial charge is 0.378 e. The first-order valence-corrected chi connectivity index (χ1v) is 6.09. The van der Waals surface area contributed by atoms with Crippen LogP contribution in [0.2, 0.25) is 0 Å². The van der Waals surface area contributed by atoms with E-state index in [4.69, 9.17) is 10.5 Å². The van der Waals surface area contributed by atoms with Crippen molar-refractivity contribution in [3.05, 3.63) is 11.9 Å². The van der Waals surface area contributed by atoms with Crippen LogP contribution in [-0.2, 0) is 17.7 Å². The third-order valence-electron chi connectivity index (χ3n) is 2.92. The monoisotopic (exact) mass is 224 g/mol. The molecule has 0 amide bonds. The molecule has 16 heavy (non-hydrogen) atoms. The van der Waals surface area contributed by atoms with Gasteiger partial charge in [-0.15, -0.1) is 5.10 Å². The van der Waals surface area contributed by atoms with Gasteiger partial charge >= 0.3 is 0 Å². The van der Waals surface area contributed by atoms with Crippen LogP contribution in [0.5, 0.6) is 0 Å². The van der Waals surface area contributed by atoms with Gasteiger partial charge in [-0.1, -0.05) is 5.21 Å². The normalized spacial score (nSPS) is 20.4. The quantitative estimate of drug-likeness (QED) is 0.774. The minimum atomic E-state index is 0.479. The minimum absolute atomic E-state index is 0.479. The number of hydrogen-bond donors (Lipinski definition) is 1. The van der Waals surface area contributed by atoms with Crippen LogP contribution in [0.4, 0.5) is 0 Å². The van der Waals surface area contributed by atoms with E-state index >= 15 is 0 Å². The molecule has 1 aliphatic rings. The maximum absolute atomic E-state index is 5.57. The molecule has 1 atom stereocenters. The zero-order valence-corrected chi connectivity index (χ0v) is 9.64. The molecule has 1 aromatic heterocycles. The Morgan fingerprint density at radius 3 is 3.25 bits per heavy atom. The molecule has 1 saturated heterocycles. The van der Waals surface area contributed by atoms with E-state index in [9.17, 15) is 0 Å². The van der Waals surface area contributed by atoms with Crippen molar-refractivity contribution in [3.8, 4) is 0 Å². The molecule has 2 rings (SSSR count). The van der Waals surface area contributed by atoms with Crippen LogP contribution in [-0.4, -0.2) is 34.2 Å². The van der Waals surface area contributed by atoms with Gasteiger partial charge < -0.3 is 10.5 Å². The maximum atomic E-state index is 5.57. The zero-order valence-electron chi connectivity index (χ0n) is 9.64. The fourth-order valence-corrected chi connectivity index (χ4v) is 2.06. The van der Waals surface area contributed by atoms with E-state index < -0.39 is 0 Å². The molecule has 1 fully saturated rings. The fraction of sp³-hybridized carbons (Fsp3) is 0.818. The lowest BCUT2D eigenvalue weighted by molar-refractivity contribution is 0.101. The summed E-state index contributed by atoms with van der Waals surface area (Å²) < 4.78 is 7.48. The molecule has 0 bridgehead atoms. The Labute approximate surface area is 96.0 Å². The summed E-state index contributed by atoms with van der Waals surface area (Å²) in [6, 6.07) is 0. The summed E-state index contributed by atoms with van der Waals surface area (Å²) in [5, 5.41) is 8.13. The van der Waals surface area contributed by atoms with Crippen LogP contribution in [0.1, 0.15) is 31.4 Å². The number of nitrogens with zero attached hydrogens (tertiary/aromatic N) is 3. The first-order chi connectivity index (χ1) is 7.88. The highest BCUT2D eigenvalue weighted by molar-refractivity contribution is 4.92. The van der Waals surface area contributed by atoms with Crippen LogP contribution in [0.25, 0.3) is 0 Å². The van der Waals surface area contributed by atoms with Gasteiger partial charge in [0.05, 0.1) is 11.8 Å². The topological polar surface area (TPSA) is 66.0 Å². The Morgan fingerprint density at radius 1 is 1.56 bits per heavy atom. The van der Waals surface area contributed by atoms with E-state index in [2.05, 4.69) is 10.3 Å². The third kappa shape index (κ3) is 3.28. The molecule has 0 aromatic carbocycles. The second kappa shape index (κ2) is 5.96. The lowest BCUT2D eigenvalue weighted by Gasteiger charge is -2.07. The van der Waals surface area contributed by atoms with Crippen molar-refractivity contribution in [3.63, 3.8) is 0 Å². The van der Waals surface area contributed by atoms with E-state index in [0.717, 1.165) is 38.1 Å². The molecule has 2 heterocycles.